The van der Waals surface area contributed by atoms with Crippen molar-refractivity contribution in [3.05, 3.63) is 28.8 Å². The van der Waals surface area contributed by atoms with Crippen LogP contribution in [0, 0.1) is 0 Å². The predicted molar refractivity (Wildman–Crippen MR) is 111 cm³/mol. The summed E-state index contributed by atoms with van der Waals surface area (Å²) in [6.45, 7) is 5.31. The first-order chi connectivity index (χ1) is 13.9. The number of hydrogen-bond donors (Lipinski definition) is 2. The number of nitrogens with one attached hydrogen (secondary N) is 2. The molecule has 0 aliphatic carbocycles. The number of rotatable bonds is 5. The minimum atomic E-state index is -3.85. The number of ether oxygens (including phenoxy) is 1. The molecule has 1 aromatic carbocycles. The first-order valence-corrected chi connectivity index (χ1v) is 11.3. The van der Waals surface area contributed by atoms with E-state index in [0.29, 0.717) is 13.1 Å². The average Bonchev–Trinajstić information content (AvgIpc) is 2.65. The maximum atomic E-state index is 12.9. The third-order valence-corrected chi connectivity index (χ3v) is 6.56. The molecular weight excluding hydrogens is 434 g/mol. The quantitative estimate of drug-likeness (QED) is 0.651. The number of carbonyl (C=O) groups is 3. The molecule has 166 valence electrons. The predicted octanol–water partition coefficient (Wildman–Crippen LogP) is 2.30. The van der Waals surface area contributed by atoms with Gasteiger partial charge in [-0.2, -0.15) is 4.31 Å². The van der Waals surface area contributed by atoms with Crippen molar-refractivity contribution in [2.75, 3.05) is 19.7 Å². The van der Waals surface area contributed by atoms with E-state index in [1.165, 1.54) is 16.4 Å². The van der Waals surface area contributed by atoms with Gasteiger partial charge in [-0.1, -0.05) is 18.0 Å². The van der Waals surface area contributed by atoms with Crippen molar-refractivity contribution < 1.29 is 27.5 Å². The summed E-state index contributed by atoms with van der Waals surface area (Å²) < 4.78 is 32.0. The molecule has 2 rings (SSSR count). The summed E-state index contributed by atoms with van der Waals surface area (Å²) in [5.74, 6) is -1.73. The van der Waals surface area contributed by atoms with Crippen molar-refractivity contribution in [2.24, 2.45) is 0 Å². The first-order valence-electron chi connectivity index (χ1n) is 9.49. The third-order valence-electron chi connectivity index (χ3n) is 4.18. The van der Waals surface area contributed by atoms with Crippen LogP contribution in [0.5, 0.6) is 0 Å². The van der Waals surface area contributed by atoms with Crippen molar-refractivity contribution in [3.63, 3.8) is 0 Å². The van der Waals surface area contributed by atoms with Crippen LogP contribution in [0.1, 0.15) is 50.4 Å². The second-order valence-electron chi connectivity index (χ2n) is 7.94. The second kappa shape index (κ2) is 9.76. The highest BCUT2D eigenvalue weighted by atomic mass is 35.5. The Morgan fingerprint density at radius 1 is 1.13 bits per heavy atom. The number of esters is 1. The van der Waals surface area contributed by atoms with Crippen LogP contribution in [0.2, 0.25) is 5.02 Å². The Morgan fingerprint density at radius 3 is 2.37 bits per heavy atom. The highest BCUT2D eigenvalue weighted by Gasteiger charge is 2.29. The fraction of sp³-hybridized carbons (Fsp3) is 0.526. The number of halogens is 1. The molecule has 1 fully saturated rings. The number of carbonyl (C=O) groups excluding carboxylic acids is 3. The van der Waals surface area contributed by atoms with Crippen molar-refractivity contribution in [1.82, 2.24) is 14.9 Å². The van der Waals surface area contributed by atoms with E-state index >= 15 is 0 Å². The van der Waals surface area contributed by atoms with Gasteiger partial charge in [-0.3, -0.25) is 10.1 Å². The first kappa shape index (κ1) is 24.1. The molecule has 1 saturated heterocycles. The van der Waals surface area contributed by atoms with E-state index in [4.69, 9.17) is 16.3 Å². The van der Waals surface area contributed by atoms with Crippen LogP contribution in [-0.4, -0.2) is 55.9 Å². The summed E-state index contributed by atoms with van der Waals surface area (Å²) in [5.41, 5.74) is -0.609. The Morgan fingerprint density at radius 2 is 1.77 bits per heavy atom. The largest absolute Gasteiger partial charge is 0.452 e. The van der Waals surface area contributed by atoms with Gasteiger partial charge in [-0.25, -0.2) is 18.0 Å². The molecule has 1 aliphatic rings. The van der Waals surface area contributed by atoms with Crippen LogP contribution in [0.3, 0.4) is 0 Å². The zero-order chi connectivity index (χ0) is 22.5. The van der Waals surface area contributed by atoms with Crippen LogP contribution in [0.4, 0.5) is 4.79 Å². The molecule has 0 aromatic heterocycles. The van der Waals surface area contributed by atoms with Crippen LogP contribution < -0.4 is 10.6 Å². The van der Waals surface area contributed by atoms with Gasteiger partial charge in [-0.15, -0.1) is 0 Å². The Hall–Kier alpha value is -2.17. The summed E-state index contributed by atoms with van der Waals surface area (Å²) in [6.07, 6.45) is 2.48. The summed E-state index contributed by atoms with van der Waals surface area (Å²) in [5, 5.41) is 4.57. The van der Waals surface area contributed by atoms with Gasteiger partial charge in [0.1, 0.15) is 4.90 Å². The smallest absolute Gasteiger partial charge is 0.338 e. The molecule has 2 N–H and O–H groups in total. The molecular formula is C19H26ClN3O6S. The Balaban J connectivity index is 2.04. The number of imide groups is 1. The molecule has 0 atom stereocenters. The van der Waals surface area contributed by atoms with Crippen molar-refractivity contribution in [3.8, 4) is 0 Å². The van der Waals surface area contributed by atoms with Crippen molar-refractivity contribution in [2.45, 2.75) is 50.5 Å². The number of urea groups is 1. The maximum absolute atomic E-state index is 12.9. The van der Waals surface area contributed by atoms with Crippen LogP contribution >= 0.6 is 11.6 Å². The van der Waals surface area contributed by atoms with Gasteiger partial charge >= 0.3 is 12.0 Å². The SMILES string of the molecule is CC(C)(C)NC(=O)NC(=O)COC(=O)c1ccc(Cl)c(S(=O)(=O)N2CCCCC2)c1. The topological polar surface area (TPSA) is 122 Å². The zero-order valence-corrected chi connectivity index (χ0v) is 18.7. The van der Waals surface area contributed by atoms with Crippen molar-refractivity contribution >= 4 is 39.5 Å². The van der Waals surface area contributed by atoms with Crippen LogP contribution in [-0.2, 0) is 19.6 Å². The Kier molecular flexibility index (Phi) is 7.84. The molecule has 3 amide bonds. The normalized spacial score (nSPS) is 15.3. The molecule has 0 radical (unpaired) electrons. The number of benzene rings is 1. The van der Waals surface area contributed by atoms with Crippen LogP contribution in [0.25, 0.3) is 0 Å². The summed E-state index contributed by atoms with van der Waals surface area (Å²) in [6, 6.07) is 3.03. The molecule has 1 heterocycles. The minimum Gasteiger partial charge on any atom is -0.452 e. The lowest BCUT2D eigenvalue weighted by Crippen LogP contribution is -2.49. The van der Waals surface area contributed by atoms with E-state index < -0.39 is 40.1 Å². The second-order valence-corrected chi connectivity index (χ2v) is 10.3. The lowest BCUT2D eigenvalue weighted by molar-refractivity contribution is -0.123. The number of hydrogen-bond acceptors (Lipinski definition) is 6. The molecule has 0 spiro atoms. The third kappa shape index (κ3) is 6.68. The lowest BCUT2D eigenvalue weighted by Gasteiger charge is -2.26. The highest BCUT2D eigenvalue weighted by molar-refractivity contribution is 7.89. The summed E-state index contributed by atoms with van der Waals surface area (Å²) in [4.78, 5) is 35.5. The molecule has 0 bridgehead atoms. The van der Waals surface area contributed by atoms with E-state index in [1.807, 2.05) is 5.32 Å². The number of amides is 3. The van der Waals surface area contributed by atoms with E-state index in [0.717, 1.165) is 25.3 Å². The minimum absolute atomic E-state index is 0.00582. The van der Waals surface area contributed by atoms with Gasteiger partial charge in [0.25, 0.3) is 5.91 Å². The van der Waals surface area contributed by atoms with Gasteiger partial charge in [0.15, 0.2) is 6.61 Å². The van der Waals surface area contributed by atoms with E-state index in [9.17, 15) is 22.8 Å². The summed E-state index contributed by atoms with van der Waals surface area (Å²) >= 11 is 6.08. The Bertz CT molecular complexity index is 921. The fourth-order valence-corrected chi connectivity index (χ4v) is 4.84. The fourth-order valence-electron chi connectivity index (χ4n) is 2.82. The number of piperidine rings is 1. The molecule has 11 heteroatoms. The van der Waals surface area contributed by atoms with E-state index in [-0.39, 0.29) is 15.5 Å². The summed E-state index contributed by atoms with van der Waals surface area (Å²) in [7, 11) is -3.85. The number of nitrogens with zero attached hydrogens (tertiary/aromatic N) is 1. The Labute approximate surface area is 181 Å². The number of sulfonamides is 1. The van der Waals surface area contributed by atoms with E-state index in [1.54, 1.807) is 20.8 Å². The van der Waals surface area contributed by atoms with Gasteiger partial charge in [-0.05, 0) is 51.8 Å². The molecule has 0 saturated carbocycles. The molecule has 1 aromatic rings. The van der Waals surface area contributed by atoms with Gasteiger partial charge in [0.2, 0.25) is 10.0 Å². The zero-order valence-electron chi connectivity index (χ0n) is 17.2. The van der Waals surface area contributed by atoms with Gasteiger partial charge in [0.05, 0.1) is 10.6 Å². The van der Waals surface area contributed by atoms with Gasteiger partial charge < -0.3 is 10.1 Å². The van der Waals surface area contributed by atoms with Gasteiger partial charge in [0, 0.05) is 18.6 Å². The average molecular weight is 460 g/mol. The van der Waals surface area contributed by atoms with Crippen molar-refractivity contribution in [1.29, 1.82) is 0 Å². The maximum Gasteiger partial charge on any atom is 0.338 e. The molecule has 0 unspecified atom stereocenters. The monoisotopic (exact) mass is 459 g/mol. The molecule has 30 heavy (non-hydrogen) atoms. The molecule has 9 nitrogen and oxygen atoms in total. The highest BCUT2D eigenvalue weighted by Crippen LogP contribution is 2.28. The molecule has 1 aliphatic heterocycles. The van der Waals surface area contributed by atoms with E-state index in [2.05, 4.69) is 5.32 Å². The van der Waals surface area contributed by atoms with Crippen LogP contribution in [0.15, 0.2) is 23.1 Å². The lowest BCUT2D eigenvalue weighted by atomic mass is 10.1. The standard InChI is InChI=1S/C19H26ClN3O6S/c1-19(2,3)22-18(26)21-16(24)12-29-17(25)13-7-8-14(20)15(11-13)30(27,28)23-9-5-4-6-10-23/h7-8,11H,4-6,9-10,12H2,1-3H3,(H2,21,22,24,26).